The second-order valence-electron chi connectivity index (χ2n) is 5.24. The van der Waals surface area contributed by atoms with Crippen LogP contribution in [0.4, 0.5) is 5.69 Å². The largest absolute Gasteiger partial charge is 0.292 e. The molecule has 0 bridgehead atoms. The van der Waals surface area contributed by atoms with Gasteiger partial charge in [0.2, 0.25) is 6.08 Å². The number of nitrogens with zero attached hydrogens (tertiary/aromatic N) is 2. The number of rotatable bonds is 4. The molecular formula is C17H14N2O4S. The van der Waals surface area contributed by atoms with Gasteiger partial charge in [-0.25, -0.2) is 9.59 Å². The molecular weight excluding hydrogens is 328 g/mol. The van der Waals surface area contributed by atoms with Gasteiger partial charge in [0, 0.05) is 0 Å². The third-order valence-corrected chi connectivity index (χ3v) is 5.02. The lowest BCUT2D eigenvalue weighted by molar-refractivity contribution is 0.563. The van der Waals surface area contributed by atoms with Crippen molar-refractivity contribution in [3.05, 3.63) is 47.0 Å². The van der Waals surface area contributed by atoms with Crippen molar-refractivity contribution in [2.45, 2.75) is 25.7 Å². The Balaban J connectivity index is 2.74. The Kier molecular flexibility index (Phi) is 4.90. The van der Waals surface area contributed by atoms with Crippen molar-refractivity contribution < 1.29 is 18.0 Å². The first kappa shape index (κ1) is 17.5. The zero-order valence-electron chi connectivity index (χ0n) is 13.3. The van der Waals surface area contributed by atoms with E-state index in [-0.39, 0.29) is 4.90 Å². The van der Waals surface area contributed by atoms with E-state index in [4.69, 9.17) is 0 Å². The van der Waals surface area contributed by atoms with E-state index in [2.05, 4.69) is 9.39 Å². The van der Waals surface area contributed by atoms with E-state index in [9.17, 15) is 18.0 Å². The Morgan fingerprint density at radius 3 is 2.21 bits per heavy atom. The van der Waals surface area contributed by atoms with Gasteiger partial charge in [-0.2, -0.15) is 13.4 Å². The molecule has 6 nitrogen and oxygen atoms in total. The Morgan fingerprint density at radius 1 is 0.917 bits per heavy atom. The van der Waals surface area contributed by atoms with Crippen molar-refractivity contribution in [2.24, 2.45) is 9.39 Å². The second-order valence-corrected chi connectivity index (χ2v) is 6.82. The number of carbonyl (C=O) groups excluding carboxylic acids is 2. The van der Waals surface area contributed by atoms with E-state index in [0.717, 1.165) is 28.3 Å². The lowest BCUT2D eigenvalue weighted by atomic mass is 9.94. The van der Waals surface area contributed by atoms with Gasteiger partial charge in [0.15, 0.2) is 0 Å². The number of isocyanates is 2. The minimum atomic E-state index is -4.08. The first-order chi connectivity index (χ1) is 11.3. The molecule has 0 aromatic heterocycles. The summed E-state index contributed by atoms with van der Waals surface area (Å²) in [5.74, 6) is 0. The highest BCUT2D eigenvalue weighted by atomic mass is 32.2. The normalized spacial score (nSPS) is 10.6. The highest BCUT2D eigenvalue weighted by Crippen LogP contribution is 2.34. The first-order valence-corrected chi connectivity index (χ1v) is 8.39. The van der Waals surface area contributed by atoms with Crippen LogP contribution in [0.2, 0.25) is 0 Å². The maximum absolute atomic E-state index is 12.1. The molecule has 2 aromatic rings. The van der Waals surface area contributed by atoms with Gasteiger partial charge in [-0.15, -0.1) is 0 Å². The summed E-state index contributed by atoms with van der Waals surface area (Å²) in [4.78, 5) is 24.3. The predicted molar refractivity (Wildman–Crippen MR) is 89.2 cm³/mol. The van der Waals surface area contributed by atoms with Crippen molar-refractivity contribution in [3.8, 4) is 11.1 Å². The fourth-order valence-corrected chi connectivity index (χ4v) is 3.56. The summed E-state index contributed by atoms with van der Waals surface area (Å²) in [5, 5.41) is 0. The van der Waals surface area contributed by atoms with Crippen LogP contribution in [0, 0.1) is 20.8 Å². The van der Waals surface area contributed by atoms with Gasteiger partial charge in [-0.3, -0.25) is 0 Å². The standard InChI is InChI=1S/C17H14N2O4S/c1-11-4-7-16(24(22,23)19-10-21)13(3)17(11)14-5-6-15(18-9-20)12(2)8-14/h4-8H,1-3H3. The number of hydrogen-bond acceptors (Lipinski definition) is 5. The molecule has 0 heterocycles. The second kappa shape index (κ2) is 6.72. The summed E-state index contributed by atoms with van der Waals surface area (Å²) in [6.45, 7) is 5.30. The molecule has 0 aliphatic carbocycles. The van der Waals surface area contributed by atoms with Gasteiger partial charge in [0.25, 0.3) is 16.1 Å². The summed E-state index contributed by atoms with van der Waals surface area (Å²) in [6, 6.07) is 8.30. The van der Waals surface area contributed by atoms with Gasteiger partial charge < -0.3 is 0 Å². The average molecular weight is 342 g/mol. The number of benzene rings is 2. The highest BCUT2D eigenvalue weighted by Gasteiger charge is 2.20. The third-order valence-electron chi connectivity index (χ3n) is 3.71. The van der Waals surface area contributed by atoms with Crippen molar-refractivity contribution in [1.82, 2.24) is 0 Å². The molecule has 0 saturated carbocycles. The Bertz CT molecular complexity index is 1010. The number of sulfonamides is 1. The van der Waals surface area contributed by atoms with Crippen LogP contribution in [0.25, 0.3) is 11.1 Å². The SMILES string of the molecule is Cc1cc(-c2c(C)ccc(S(=O)(=O)N=C=O)c2C)ccc1N=C=O. The lowest BCUT2D eigenvalue weighted by Gasteiger charge is -2.14. The summed E-state index contributed by atoms with van der Waals surface area (Å²) in [6.07, 6.45) is 2.57. The number of hydrogen-bond donors (Lipinski definition) is 0. The molecule has 0 saturated heterocycles. The Labute approximate surface area is 139 Å². The third kappa shape index (κ3) is 3.24. The minimum absolute atomic E-state index is 0.0425. The van der Waals surface area contributed by atoms with Crippen LogP contribution in [-0.2, 0) is 19.6 Å². The molecule has 0 aliphatic rings. The summed E-state index contributed by atoms with van der Waals surface area (Å²) < 4.78 is 27.1. The fraction of sp³-hybridized carbons (Fsp3) is 0.176. The maximum atomic E-state index is 12.1. The van der Waals surface area contributed by atoms with Gasteiger partial charge in [-0.1, -0.05) is 16.5 Å². The zero-order valence-corrected chi connectivity index (χ0v) is 14.1. The molecule has 0 radical (unpaired) electrons. The van der Waals surface area contributed by atoms with Crippen LogP contribution in [0.5, 0.6) is 0 Å². The van der Waals surface area contributed by atoms with Crippen molar-refractivity contribution in [2.75, 3.05) is 0 Å². The van der Waals surface area contributed by atoms with E-state index in [1.54, 1.807) is 32.0 Å². The van der Waals surface area contributed by atoms with Gasteiger partial charge >= 0.3 is 0 Å². The monoisotopic (exact) mass is 342 g/mol. The van der Waals surface area contributed by atoms with Crippen LogP contribution in [0.15, 0.2) is 44.6 Å². The summed E-state index contributed by atoms with van der Waals surface area (Å²) in [7, 11) is -4.08. The van der Waals surface area contributed by atoms with Crippen LogP contribution in [0.1, 0.15) is 16.7 Å². The van der Waals surface area contributed by atoms with Crippen molar-refractivity contribution in [1.29, 1.82) is 0 Å². The summed E-state index contributed by atoms with van der Waals surface area (Å²) in [5.41, 5.74) is 4.11. The van der Waals surface area contributed by atoms with Crippen LogP contribution < -0.4 is 0 Å². The molecule has 7 heteroatoms. The molecule has 2 rings (SSSR count). The van der Waals surface area contributed by atoms with Crippen molar-refractivity contribution >= 4 is 27.9 Å². The Morgan fingerprint density at radius 2 is 1.62 bits per heavy atom. The minimum Gasteiger partial charge on any atom is -0.211 e. The van der Waals surface area contributed by atoms with Crippen LogP contribution in [0.3, 0.4) is 0 Å². The maximum Gasteiger partial charge on any atom is 0.292 e. The van der Waals surface area contributed by atoms with Crippen molar-refractivity contribution in [3.63, 3.8) is 0 Å². The fourth-order valence-electron chi connectivity index (χ4n) is 2.64. The molecule has 0 N–H and O–H groups in total. The van der Waals surface area contributed by atoms with Gasteiger partial charge in [0.05, 0.1) is 10.6 Å². The average Bonchev–Trinajstić information content (AvgIpc) is 2.49. The molecule has 0 unspecified atom stereocenters. The molecule has 122 valence electrons. The Hall–Kier alpha value is -2.85. The molecule has 0 aliphatic heterocycles. The number of aliphatic imine (C=N–C) groups is 1. The topological polar surface area (TPSA) is 93.0 Å². The number of aryl methyl sites for hydroxylation is 2. The quantitative estimate of drug-likeness (QED) is 0.629. The van der Waals surface area contributed by atoms with Crippen LogP contribution >= 0.6 is 0 Å². The smallest absolute Gasteiger partial charge is 0.211 e. The predicted octanol–water partition coefficient (Wildman–Crippen LogP) is 3.27. The summed E-state index contributed by atoms with van der Waals surface area (Å²) >= 11 is 0. The highest BCUT2D eigenvalue weighted by molar-refractivity contribution is 7.90. The van der Waals surface area contributed by atoms with Gasteiger partial charge in [-0.05, 0) is 66.8 Å². The van der Waals surface area contributed by atoms with E-state index in [1.165, 1.54) is 12.1 Å². The molecule has 0 atom stereocenters. The van der Waals surface area contributed by atoms with Gasteiger partial charge in [0.1, 0.15) is 0 Å². The molecule has 24 heavy (non-hydrogen) atoms. The first-order valence-electron chi connectivity index (χ1n) is 6.95. The molecule has 0 spiro atoms. The van der Waals surface area contributed by atoms with E-state index in [0.29, 0.717) is 11.3 Å². The van der Waals surface area contributed by atoms with E-state index in [1.807, 2.05) is 13.0 Å². The lowest BCUT2D eigenvalue weighted by Crippen LogP contribution is -2.02. The molecule has 0 fully saturated rings. The molecule has 0 amide bonds. The molecule has 2 aromatic carbocycles. The zero-order chi connectivity index (χ0) is 17.9. The van der Waals surface area contributed by atoms with E-state index >= 15 is 0 Å². The van der Waals surface area contributed by atoms with Crippen LogP contribution in [-0.4, -0.2) is 20.6 Å². The van der Waals surface area contributed by atoms with E-state index < -0.39 is 10.0 Å².